The Hall–Kier alpha value is -0.570. The number of carbonyl (C=O) groups is 1. The summed E-state index contributed by atoms with van der Waals surface area (Å²) in [4.78, 5) is 13.6. The zero-order valence-electron chi connectivity index (χ0n) is 10.7. The summed E-state index contributed by atoms with van der Waals surface area (Å²) in [7, 11) is 0. The lowest BCUT2D eigenvalue weighted by Crippen LogP contribution is -2.42. The standard InChI is InChI=1S/C14H25NO2/c16-14(17)11-13(12-7-3-4-8-12)15-9-5-1-2-6-10-15/h12-13H,1-11H2,(H,16,17). The van der Waals surface area contributed by atoms with Gasteiger partial charge in [0.1, 0.15) is 0 Å². The van der Waals surface area contributed by atoms with Crippen LogP contribution < -0.4 is 0 Å². The van der Waals surface area contributed by atoms with E-state index in [-0.39, 0.29) is 0 Å². The monoisotopic (exact) mass is 239 g/mol. The van der Waals surface area contributed by atoms with Gasteiger partial charge in [0, 0.05) is 6.04 Å². The van der Waals surface area contributed by atoms with Gasteiger partial charge in [0.2, 0.25) is 0 Å². The van der Waals surface area contributed by atoms with E-state index in [0.29, 0.717) is 18.4 Å². The highest BCUT2D eigenvalue weighted by atomic mass is 16.4. The van der Waals surface area contributed by atoms with Crippen LogP contribution in [0, 0.1) is 5.92 Å². The van der Waals surface area contributed by atoms with Crippen LogP contribution in [0.25, 0.3) is 0 Å². The van der Waals surface area contributed by atoms with Crippen molar-refractivity contribution in [2.24, 2.45) is 5.92 Å². The summed E-state index contributed by atoms with van der Waals surface area (Å²) in [5.74, 6) is 0.0235. The van der Waals surface area contributed by atoms with Gasteiger partial charge in [-0.1, -0.05) is 25.7 Å². The van der Waals surface area contributed by atoms with Gasteiger partial charge in [0.15, 0.2) is 0 Å². The Morgan fingerprint density at radius 2 is 1.65 bits per heavy atom. The van der Waals surface area contributed by atoms with Crippen molar-refractivity contribution in [3.8, 4) is 0 Å². The van der Waals surface area contributed by atoms with Crippen LogP contribution in [0.1, 0.15) is 57.8 Å². The second-order valence-electron chi connectivity index (χ2n) is 5.66. The summed E-state index contributed by atoms with van der Waals surface area (Å²) in [5, 5.41) is 9.12. The van der Waals surface area contributed by atoms with Gasteiger partial charge >= 0.3 is 5.97 Å². The Morgan fingerprint density at radius 1 is 1.06 bits per heavy atom. The highest BCUT2D eigenvalue weighted by molar-refractivity contribution is 5.67. The fourth-order valence-corrected chi connectivity index (χ4v) is 3.54. The van der Waals surface area contributed by atoms with E-state index in [9.17, 15) is 4.79 Å². The molecule has 2 aliphatic rings. The molecule has 0 aromatic heterocycles. The third-order valence-corrected chi connectivity index (χ3v) is 4.44. The minimum atomic E-state index is -0.619. The summed E-state index contributed by atoms with van der Waals surface area (Å²) in [6.07, 6.45) is 10.6. The Balaban J connectivity index is 1.98. The molecule has 1 heterocycles. The minimum Gasteiger partial charge on any atom is -0.481 e. The molecule has 3 nitrogen and oxygen atoms in total. The predicted molar refractivity (Wildman–Crippen MR) is 68.0 cm³/mol. The lowest BCUT2D eigenvalue weighted by molar-refractivity contribution is -0.139. The van der Waals surface area contributed by atoms with E-state index in [2.05, 4.69) is 4.90 Å². The number of rotatable bonds is 4. The van der Waals surface area contributed by atoms with Crippen LogP contribution in [0.4, 0.5) is 0 Å². The van der Waals surface area contributed by atoms with Gasteiger partial charge < -0.3 is 5.11 Å². The molecule has 98 valence electrons. The Morgan fingerprint density at radius 3 is 2.18 bits per heavy atom. The van der Waals surface area contributed by atoms with Crippen molar-refractivity contribution in [1.29, 1.82) is 0 Å². The molecule has 1 unspecified atom stereocenters. The molecule has 1 atom stereocenters. The molecule has 0 aromatic carbocycles. The fraction of sp³-hybridized carbons (Fsp3) is 0.929. The van der Waals surface area contributed by atoms with Crippen LogP contribution in [-0.2, 0) is 4.79 Å². The molecule has 0 amide bonds. The predicted octanol–water partition coefficient (Wildman–Crippen LogP) is 2.90. The molecule has 17 heavy (non-hydrogen) atoms. The SMILES string of the molecule is O=C(O)CC(C1CCCC1)N1CCCCCC1. The van der Waals surface area contributed by atoms with Crippen LogP contribution in [0.3, 0.4) is 0 Å². The van der Waals surface area contributed by atoms with Gasteiger partial charge in [-0.2, -0.15) is 0 Å². The van der Waals surface area contributed by atoms with Crippen LogP contribution in [-0.4, -0.2) is 35.1 Å². The number of hydrogen-bond donors (Lipinski definition) is 1. The van der Waals surface area contributed by atoms with Gasteiger partial charge in [0.05, 0.1) is 6.42 Å². The first-order chi connectivity index (χ1) is 8.27. The number of hydrogen-bond acceptors (Lipinski definition) is 2. The smallest absolute Gasteiger partial charge is 0.304 e. The lowest BCUT2D eigenvalue weighted by Gasteiger charge is -2.34. The molecule has 3 heteroatoms. The van der Waals surface area contributed by atoms with E-state index in [1.165, 1.54) is 51.4 Å². The third kappa shape index (κ3) is 3.70. The first-order valence-corrected chi connectivity index (χ1v) is 7.23. The van der Waals surface area contributed by atoms with E-state index in [0.717, 1.165) is 13.1 Å². The van der Waals surface area contributed by atoms with Gasteiger partial charge in [-0.25, -0.2) is 0 Å². The van der Waals surface area contributed by atoms with Crippen LogP contribution in [0.15, 0.2) is 0 Å². The average Bonchev–Trinajstić information content (AvgIpc) is 2.68. The Bertz CT molecular complexity index is 241. The number of carboxylic acid groups (broad SMARTS) is 1. The minimum absolute atomic E-state index is 0.313. The summed E-state index contributed by atoms with van der Waals surface area (Å²) in [5.41, 5.74) is 0. The molecule has 1 aliphatic heterocycles. The van der Waals surface area contributed by atoms with Crippen LogP contribution in [0.2, 0.25) is 0 Å². The molecular weight excluding hydrogens is 214 g/mol. The molecule has 0 bridgehead atoms. The van der Waals surface area contributed by atoms with Gasteiger partial charge in [-0.15, -0.1) is 0 Å². The summed E-state index contributed by atoms with van der Waals surface area (Å²) < 4.78 is 0. The zero-order chi connectivity index (χ0) is 12.1. The van der Waals surface area contributed by atoms with Crippen molar-refractivity contribution in [2.75, 3.05) is 13.1 Å². The van der Waals surface area contributed by atoms with Crippen molar-refractivity contribution < 1.29 is 9.90 Å². The van der Waals surface area contributed by atoms with Crippen molar-refractivity contribution in [1.82, 2.24) is 4.90 Å². The Labute approximate surface area is 104 Å². The van der Waals surface area contributed by atoms with Gasteiger partial charge in [-0.05, 0) is 44.7 Å². The summed E-state index contributed by atoms with van der Waals surface area (Å²) >= 11 is 0. The largest absolute Gasteiger partial charge is 0.481 e. The maximum Gasteiger partial charge on any atom is 0.304 e. The molecule has 1 saturated carbocycles. The average molecular weight is 239 g/mol. The molecule has 0 aromatic rings. The highest BCUT2D eigenvalue weighted by Crippen LogP contribution is 2.32. The number of nitrogens with zero attached hydrogens (tertiary/aromatic N) is 1. The van der Waals surface area contributed by atoms with Crippen molar-refractivity contribution in [2.45, 2.75) is 63.8 Å². The van der Waals surface area contributed by atoms with Crippen molar-refractivity contribution in [3.63, 3.8) is 0 Å². The van der Waals surface area contributed by atoms with E-state index in [1.807, 2.05) is 0 Å². The molecule has 1 saturated heterocycles. The van der Waals surface area contributed by atoms with Crippen LogP contribution >= 0.6 is 0 Å². The molecule has 1 N–H and O–H groups in total. The topological polar surface area (TPSA) is 40.5 Å². The first kappa shape index (κ1) is 12.9. The third-order valence-electron chi connectivity index (χ3n) is 4.44. The van der Waals surface area contributed by atoms with Gasteiger partial charge in [-0.3, -0.25) is 9.69 Å². The number of likely N-dealkylation sites (tertiary alicyclic amines) is 1. The van der Waals surface area contributed by atoms with E-state index < -0.39 is 5.97 Å². The van der Waals surface area contributed by atoms with Crippen molar-refractivity contribution in [3.05, 3.63) is 0 Å². The van der Waals surface area contributed by atoms with E-state index in [1.54, 1.807) is 0 Å². The molecular formula is C14H25NO2. The molecule has 0 radical (unpaired) electrons. The number of aliphatic carboxylic acids is 1. The fourth-order valence-electron chi connectivity index (χ4n) is 3.54. The zero-order valence-corrected chi connectivity index (χ0v) is 10.7. The maximum absolute atomic E-state index is 11.1. The molecule has 2 rings (SSSR count). The normalized spacial score (nSPS) is 25.6. The summed E-state index contributed by atoms with van der Waals surface area (Å²) in [6, 6.07) is 0.313. The van der Waals surface area contributed by atoms with E-state index in [4.69, 9.17) is 5.11 Å². The molecule has 2 fully saturated rings. The van der Waals surface area contributed by atoms with Crippen LogP contribution in [0.5, 0.6) is 0 Å². The van der Waals surface area contributed by atoms with Crippen molar-refractivity contribution >= 4 is 5.97 Å². The quantitative estimate of drug-likeness (QED) is 0.820. The number of carboxylic acids is 1. The second kappa shape index (κ2) is 6.39. The first-order valence-electron chi connectivity index (χ1n) is 7.23. The molecule has 0 spiro atoms. The van der Waals surface area contributed by atoms with Gasteiger partial charge in [0.25, 0.3) is 0 Å². The van der Waals surface area contributed by atoms with E-state index >= 15 is 0 Å². The maximum atomic E-state index is 11.1. The highest BCUT2D eigenvalue weighted by Gasteiger charge is 2.31. The summed E-state index contributed by atoms with van der Waals surface area (Å²) in [6.45, 7) is 2.24. The molecule has 1 aliphatic carbocycles. The second-order valence-corrected chi connectivity index (χ2v) is 5.66. The lowest BCUT2D eigenvalue weighted by atomic mass is 9.93. The Kier molecular flexibility index (Phi) is 4.84.